The number of carboxylic acids is 1. The van der Waals surface area contributed by atoms with Gasteiger partial charge in [0, 0.05) is 5.02 Å². The van der Waals surface area contributed by atoms with E-state index >= 15 is 0 Å². The molecule has 104 valence electrons. The Balaban J connectivity index is 2.42. The van der Waals surface area contributed by atoms with Crippen molar-refractivity contribution in [2.24, 2.45) is 0 Å². The lowest BCUT2D eigenvalue weighted by atomic mass is 9.99. The molecule has 0 aliphatic rings. The molecule has 2 aromatic carbocycles. The number of benzene rings is 2. The van der Waals surface area contributed by atoms with Crippen LogP contribution in [0.5, 0.6) is 5.75 Å². The lowest BCUT2D eigenvalue weighted by Crippen LogP contribution is -2.02. The Morgan fingerprint density at radius 2 is 1.90 bits per heavy atom. The van der Waals surface area contributed by atoms with E-state index in [9.17, 15) is 9.90 Å². The molecule has 0 atom stereocenters. The minimum absolute atomic E-state index is 0.223. The quantitative estimate of drug-likeness (QED) is 0.882. The fraction of sp³-hybridized carbons (Fsp3) is 0.188. The fourth-order valence-corrected chi connectivity index (χ4v) is 2.02. The second-order valence-electron chi connectivity index (χ2n) is 4.37. The number of halogens is 1. The summed E-state index contributed by atoms with van der Waals surface area (Å²) in [6.07, 6.45) is 0.876. The van der Waals surface area contributed by atoms with E-state index in [0.29, 0.717) is 22.9 Å². The predicted molar refractivity (Wildman–Crippen MR) is 79.6 cm³/mol. The Morgan fingerprint density at radius 1 is 1.20 bits per heavy atom. The number of hydrogen-bond donors (Lipinski definition) is 1. The number of rotatable bonds is 5. The van der Waals surface area contributed by atoms with Gasteiger partial charge in [-0.25, -0.2) is 4.79 Å². The summed E-state index contributed by atoms with van der Waals surface area (Å²) in [4.78, 5) is 11.4. The number of hydrogen-bond acceptors (Lipinski definition) is 2. The van der Waals surface area contributed by atoms with Crippen LogP contribution in [0.25, 0.3) is 11.1 Å². The van der Waals surface area contributed by atoms with Crippen LogP contribution in [0, 0.1) is 0 Å². The van der Waals surface area contributed by atoms with Crippen molar-refractivity contribution in [3.05, 3.63) is 53.1 Å². The third-order valence-corrected chi connectivity index (χ3v) is 3.10. The molecule has 0 spiro atoms. The average molecular weight is 291 g/mol. The molecule has 2 rings (SSSR count). The first-order valence-corrected chi connectivity index (χ1v) is 6.75. The van der Waals surface area contributed by atoms with Crippen LogP contribution in [0.1, 0.15) is 23.7 Å². The van der Waals surface area contributed by atoms with Crippen LogP contribution in [-0.4, -0.2) is 17.7 Å². The normalized spacial score (nSPS) is 10.3. The maximum Gasteiger partial charge on any atom is 0.336 e. The maximum absolute atomic E-state index is 11.4. The average Bonchev–Trinajstić information content (AvgIpc) is 2.45. The molecule has 20 heavy (non-hydrogen) atoms. The molecule has 0 bridgehead atoms. The zero-order valence-electron chi connectivity index (χ0n) is 11.1. The largest absolute Gasteiger partial charge is 0.494 e. The van der Waals surface area contributed by atoms with E-state index < -0.39 is 5.97 Å². The van der Waals surface area contributed by atoms with E-state index in [0.717, 1.165) is 12.0 Å². The molecule has 0 saturated carbocycles. The van der Waals surface area contributed by atoms with Crippen molar-refractivity contribution >= 4 is 17.6 Å². The first-order chi connectivity index (χ1) is 9.61. The Morgan fingerprint density at radius 3 is 2.50 bits per heavy atom. The minimum Gasteiger partial charge on any atom is -0.494 e. The van der Waals surface area contributed by atoms with Crippen molar-refractivity contribution in [2.75, 3.05) is 6.61 Å². The Kier molecular flexibility index (Phi) is 4.64. The topological polar surface area (TPSA) is 46.5 Å². The Hall–Kier alpha value is -2.00. The molecular formula is C16H15ClO3. The van der Waals surface area contributed by atoms with E-state index in [1.54, 1.807) is 42.5 Å². The molecular weight excluding hydrogens is 276 g/mol. The van der Waals surface area contributed by atoms with Gasteiger partial charge in [-0.1, -0.05) is 30.7 Å². The summed E-state index contributed by atoms with van der Waals surface area (Å²) in [6, 6.07) is 12.2. The van der Waals surface area contributed by atoms with Gasteiger partial charge in [-0.15, -0.1) is 0 Å². The van der Waals surface area contributed by atoms with Crippen LogP contribution in [0.4, 0.5) is 0 Å². The van der Waals surface area contributed by atoms with Crippen LogP contribution in [0.15, 0.2) is 42.5 Å². The van der Waals surface area contributed by atoms with Gasteiger partial charge in [-0.3, -0.25) is 0 Å². The van der Waals surface area contributed by atoms with Crippen molar-refractivity contribution in [1.29, 1.82) is 0 Å². The number of carboxylic acid groups (broad SMARTS) is 1. The summed E-state index contributed by atoms with van der Waals surface area (Å²) < 4.78 is 5.47. The van der Waals surface area contributed by atoms with Gasteiger partial charge in [-0.05, 0) is 47.9 Å². The summed E-state index contributed by atoms with van der Waals surface area (Å²) in [7, 11) is 0. The molecule has 0 unspecified atom stereocenters. The van der Waals surface area contributed by atoms with Crippen LogP contribution in [0.3, 0.4) is 0 Å². The first kappa shape index (κ1) is 14.4. The van der Waals surface area contributed by atoms with E-state index in [1.807, 2.05) is 6.92 Å². The standard InChI is InChI=1S/C16H15ClO3/c1-2-9-20-13-7-8-14(15(10-13)16(18)19)11-3-5-12(17)6-4-11/h3-8,10H,2,9H2,1H3,(H,18,19). The summed E-state index contributed by atoms with van der Waals surface area (Å²) in [6.45, 7) is 2.57. The Bertz CT molecular complexity index is 606. The predicted octanol–water partition coefficient (Wildman–Crippen LogP) is 4.49. The summed E-state index contributed by atoms with van der Waals surface area (Å²) in [5.41, 5.74) is 1.69. The van der Waals surface area contributed by atoms with Crippen molar-refractivity contribution in [3.8, 4) is 16.9 Å². The number of ether oxygens (including phenoxy) is 1. The summed E-state index contributed by atoms with van der Waals surface area (Å²) in [5, 5.41) is 9.97. The van der Waals surface area contributed by atoms with E-state index in [2.05, 4.69) is 0 Å². The molecule has 2 aromatic rings. The molecule has 0 fully saturated rings. The van der Waals surface area contributed by atoms with Gasteiger partial charge in [0.05, 0.1) is 12.2 Å². The van der Waals surface area contributed by atoms with Crippen molar-refractivity contribution < 1.29 is 14.6 Å². The third kappa shape index (κ3) is 3.31. The van der Waals surface area contributed by atoms with Gasteiger partial charge in [0.25, 0.3) is 0 Å². The second-order valence-corrected chi connectivity index (χ2v) is 4.80. The highest BCUT2D eigenvalue weighted by Gasteiger charge is 2.13. The molecule has 0 aliphatic heterocycles. The molecule has 0 radical (unpaired) electrons. The van der Waals surface area contributed by atoms with Crippen molar-refractivity contribution in [1.82, 2.24) is 0 Å². The molecule has 0 aliphatic carbocycles. The lowest BCUT2D eigenvalue weighted by molar-refractivity contribution is 0.0697. The van der Waals surface area contributed by atoms with Crippen LogP contribution >= 0.6 is 11.6 Å². The zero-order chi connectivity index (χ0) is 14.5. The fourth-order valence-electron chi connectivity index (χ4n) is 1.89. The summed E-state index contributed by atoms with van der Waals surface area (Å²) >= 11 is 5.85. The van der Waals surface area contributed by atoms with E-state index in [1.165, 1.54) is 0 Å². The molecule has 1 N–H and O–H groups in total. The monoisotopic (exact) mass is 290 g/mol. The number of aromatic carboxylic acids is 1. The highest BCUT2D eigenvalue weighted by Crippen LogP contribution is 2.28. The second kappa shape index (κ2) is 6.44. The van der Waals surface area contributed by atoms with E-state index in [-0.39, 0.29) is 5.56 Å². The molecule has 0 heterocycles. The smallest absolute Gasteiger partial charge is 0.336 e. The van der Waals surface area contributed by atoms with Gasteiger partial charge in [-0.2, -0.15) is 0 Å². The van der Waals surface area contributed by atoms with E-state index in [4.69, 9.17) is 16.3 Å². The molecule has 0 amide bonds. The Labute approximate surface area is 122 Å². The molecule has 3 nitrogen and oxygen atoms in total. The molecule has 4 heteroatoms. The zero-order valence-corrected chi connectivity index (χ0v) is 11.9. The van der Waals surface area contributed by atoms with Gasteiger partial charge in [0.15, 0.2) is 0 Å². The highest BCUT2D eigenvalue weighted by atomic mass is 35.5. The van der Waals surface area contributed by atoms with Gasteiger partial charge in [0.1, 0.15) is 5.75 Å². The first-order valence-electron chi connectivity index (χ1n) is 6.38. The highest BCUT2D eigenvalue weighted by molar-refractivity contribution is 6.30. The van der Waals surface area contributed by atoms with Crippen molar-refractivity contribution in [3.63, 3.8) is 0 Å². The molecule has 0 saturated heterocycles. The minimum atomic E-state index is -0.975. The lowest BCUT2D eigenvalue weighted by Gasteiger charge is -2.10. The molecule has 0 aromatic heterocycles. The van der Waals surface area contributed by atoms with Crippen LogP contribution < -0.4 is 4.74 Å². The SMILES string of the molecule is CCCOc1ccc(-c2ccc(Cl)cc2)c(C(=O)O)c1. The van der Waals surface area contributed by atoms with Gasteiger partial charge >= 0.3 is 5.97 Å². The van der Waals surface area contributed by atoms with Crippen LogP contribution in [0.2, 0.25) is 5.02 Å². The number of carbonyl (C=O) groups is 1. The summed E-state index contributed by atoms with van der Waals surface area (Å²) in [5.74, 6) is -0.404. The van der Waals surface area contributed by atoms with Crippen molar-refractivity contribution in [2.45, 2.75) is 13.3 Å². The van der Waals surface area contributed by atoms with Crippen LogP contribution in [-0.2, 0) is 0 Å². The van der Waals surface area contributed by atoms with Gasteiger partial charge in [0.2, 0.25) is 0 Å². The third-order valence-electron chi connectivity index (χ3n) is 2.85. The van der Waals surface area contributed by atoms with Gasteiger partial charge < -0.3 is 9.84 Å². The maximum atomic E-state index is 11.4.